The van der Waals surface area contributed by atoms with Gasteiger partial charge in [-0.2, -0.15) is 0 Å². The van der Waals surface area contributed by atoms with Crippen molar-refractivity contribution in [3.8, 4) is 39.1 Å². The van der Waals surface area contributed by atoms with Crippen molar-refractivity contribution in [1.82, 2.24) is 4.57 Å². The van der Waals surface area contributed by atoms with Gasteiger partial charge in [0.05, 0.1) is 28.1 Å². The van der Waals surface area contributed by atoms with Crippen LogP contribution < -0.4 is 4.90 Å². The number of fused-ring (bicyclic) bond motifs is 10. The summed E-state index contributed by atoms with van der Waals surface area (Å²) >= 11 is 0. The van der Waals surface area contributed by atoms with Crippen molar-refractivity contribution in [3.05, 3.63) is 216 Å². The van der Waals surface area contributed by atoms with Gasteiger partial charge in [0.1, 0.15) is 0 Å². The van der Waals surface area contributed by atoms with Crippen molar-refractivity contribution in [1.29, 1.82) is 0 Å². The molecular formula is C58H44N2. The zero-order valence-electron chi connectivity index (χ0n) is 34.4. The van der Waals surface area contributed by atoms with E-state index in [1.165, 1.54) is 99.6 Å². The van der Waals surface area contributed by atoms with E-state index >= 15 is 0 Å². The molecule has 0 aliphatic heterocycles. The molecule has 0 fully saturated rings. The maximum absolute atomic E-state index is 2.55. The highest BCUT2D eigenvalue weighted by Gasteiger charge is 2.39. The summed E-state index contributed by atoms with van der Waals surface area (Å²) in [5.74, 6) is 0. The molecule has 2 heteroatoms. The first-order valence-corrected chi connectivity index (χ1v) is 21.2. The van der Waals surface area contributed by atoms with Gasteiger partial charge in [0.15, 0.2) is 0 Å². The van der Waals surface area contributed by atoms with Gasteiger partial charge in [-0.15, -0.1) is 0 Å². The molecular weight excluding hydrogens is 725 g/mol. The molecule has 2 aliphatic carbocycles. The van der Waals surface area contributed by atoms with Crippen LogP contribution in [0.4, 0.5) is 17.1 Å². The van der Waals surface area contributed by atoms with Crippen LogP contribution in [0.2, 0.25) is 0 Å². The van der Waals surface area contributed by atoms with Crippen molar-refractivity contribution in [2.24, 2.45) is 0 Å². The van der Waals surface area contributed by atoms with Gasteiger partial charge in [-0.05, 0) is 92.4 Å². The first-order valence-electron chi connectivity index (χ1n) is 21.2. The van der Waals surface area contributed by atoms with Crippen LogP contribution in [0.1, 0.15) is 49.9 Å². The number of hydrogen-bond acceptors (Lipinski definition) is 1. The molecule has 0 saturated heterocycles. The summed E-state index contributed by atoms with van der Waals surface area (Å²) in [5, 5.41) is 4.95. The smallest absolute Gasteiger partial charge is 0.0543 e. The number of benzene rings is 9. The molecule has 0 amide bonds. The van der Waals surface area contributed by atoms with E-state index in [0.717, 1.165) is 11.4 Å². The Kier molecular flexibility index (Phi) is 7.36. The van der Waals surface area contributed by atoms with Gasteiger partial charge in [0.25, 0.3) is 0 Å². The van der Waals surface area contributed by atoms with Gasteiger partial charge in [-0.3, -0.25) is 0 Å². The van der Waals surface area contributed by atoms with Gasteiger partial charge < -0.3 is 9.47 Å². The predicted octanol–water partition coefficient (Wildman–Crippen LogP) is 15.7. The number of rotatable bonds is 5. The van der Waals surface area contributed by atoms with Crippen LogP contribution in [-0.2, 0) is 10.8 Å². The highest BCUT2D eigenvalue weighted by Crippen LogP contribution is 2.56. The first-order chi connectivity index (χ1) is 29.3. The molecule has 1 heterocycles. The molecule has 0 radical (unpaired) electrons. The Labute approximate surface area is 351 Å². The Morgan fingerprint density at radius 3 is 1.62 bits per heavy atom. The standard InChI is InChI=1S/C58H44N2/c1-57(2)47-25-12-7-19-40(47)46-36-37(32-34-49(46)57)59(55-31-17-27-50-56(55)45-24-8-13-26-48(45)58(50,3)4)54-35-33-39(38-18-5-6-20-41(38)54)42-21-9-14-28-51(42)60-52-29-15-10-22-43(52)44-23-11-16-30-53(44)60/h5-36H,1-4H3. The summed E-state index contributed by atoms with van der Waals surface area (Å²) < 4.78 is 2.45. The fraction of sp³-hybridized carbons (Fsp3) is 0.103. The molecule has 0 unspecified atom stereocenters. The minimum Gasteiger partial charge on any atom is -0.309 e. The maximum Gasteiger partial charge on any atom is 0.0543 e. The third kappa shape index (κ3) is 4.76. The summed E-state index contributed by atoms with van der Waals surface area (Å²) in [6, 6.07) is 72.4. The van der Waals surface area contributed by atoms with Gasteiger partial charge in [-0.1, -0.05) is 179 Å². The second-order valence-corrected chi connectivity index (χ2v) is 17.7. The summed E-state index contributed by atoms with van der Waals surface area (Å²) in [4.78, 5) is 2.55. The minimum absolute atomic E-state index is 0.0790. The summed E-state index contributed by atoms with van der Waals surface area (Å²) in [5.41, 5.74) is 20.0. The number of para-hydroxylation sites is 3. The molecule has 9 aromatic carbocycles. The predicted molar refractivity (Wildman–Crippen MR) is 254 cm³/mol. The fourth-order valence-corrected chi connectivity index (χ4v) is 11.0. The molecule has 60 heavy (non-hydrogen) atoms. The second kappa shape index (κ2) is 12.7. The number of anilines is 3. The average Bonchev–Trinajstić information content (AvgIpc) is 3.84. The summed E-state index contributed by atoms with van der Waals surface area (Å²) in [6.45, 7) is 9.47. The van der Waals surface area contributed by atoms with Crippen LogP contribution in [0.25, 0.3) is 71.6 Å². The van der Waals surface area contributed by atoms with Crippen LogP contribution in [0.3, 0.4) is 0 Å². The quantitative estimate of drug-likeness (QED) is 0.169. The van der Waals surface area contributed by atoms with Gasteiger partial charge >= 0.3 is 0 Å². The third-order valence-corrected chi connectivity index (χ3v) is 13.8. The van der Waals surface area contributed by atoms with Crippen molar-refractivity contribution < 1.29 is 0 Å². The van der Waals surface area contributed by atoms with E-state index in [1.807, 2.05) is 0 Å². The maximum atomic E-state index is 2.55. The van der Waals surface area contributed by atoms with E-state index in [2.05, 4.69) is 231 Å². The molecule has 0 atom stereocenters. The molecule has 2 nitrogen and oxygen atoms in total. The second-order valence-electron chi connectivity index (χ2n) is 17.7. The largest absolute Gasteiger partial charge is 0.309 e. The Hall–Kier alpha value is -7.16. The highest BCUT2D eigenvalue weighted by atomic mass is 15.1. The van der Waals surface area contributed by atoms with E-state index in [9.17, 15) is 0 Å². The SMILES string of the molecule is CC1(C)c2ccccc2-c2cc(N(c3cccc4c3-c3ccccc3C4(C)C)c3ccc(-c4ccccc4-n4c5ccccc5c5ccccc54)c4ccccc34)ccc21. The molecule has 286 valence electrons. The topological polar surface area (TPSA) is 8.17 Å². The van der Waals surface area contributed by atoms with Gasteiger partial charge in [-0.25, -0.2) is 0 Å². The molecule has 0 bridgehead atoms. The van der Waals surface area contributed by atoms with Crippen LogP contribution in [0.15, 0.2) is 194 Å². The molecule has 0 N–H and O–H groups in total. The number of aromatic nitrogens is 1. The zero-order chi connectivity index (χ0) is 40.3. The lowest BCUT2D eigenvalue weighted by atomic mass is 9.82. The highest BCUT2D eigenvalue weighted by molar-refractivity contribution is 6.12. The summed E-state index contributed by atoms with van der Waals surface area (Å²) in [6.07, 6.45) is 0. The van der Waals surface area contributed by atoms with Gasteiger partial charge in [0, 0.05) is 43.8 Å². The van der Waals surface area contributed by atoms with Crippen LogP contribution >= 0.6 is 0 Å². The fourth-order valence-electron chi connectivity index (χ4n) is 11.0. The third-order valence-electron chi connectivity index (χ3n) is 13.8. The van der Waals surface area contributed by atoms with Crippen LogP contribution in [-0.4, -0.2) is 4.57 Å². The van der Waals surface area contributed by atoms with Gasteiger partial charge in [0.2, 0.25) is 0 Å². The van der Waals surface area contributed by atoms with E-state index in [0.29, 0.717) is 0 Å². The molecule has 12 rings (SSSR count). The Balaban J connectivity index is 1.13. The van der Waals surface area contributed by atoms with E-state index in [1.54, 1.807) is 0 Å². The lowest BCUT2D eigenvalue weighted by Gasteiger charge is -2.31. The normalized spacial score (nSPS) is 14.3. The Morgan fingerprint density at radius 1 is 0.350 bits per heavy atom. The first kappa shape index (κ1) is 34.8. The monoisotopic (exact) mass is 768 g/mol. The molecule has 2 aliphatic rings. The van der Waals surface area contributed by atoms with Crippen molar-refractivity contribution in [2.75, 3.05) is 4.90 Å². The Bertz CT molecular complexity index is 3340. The number of hydrogen-bond donors (Lipinski definition) is 0. The van der Waals surface area contributed by atoms with Crippen LogP contribution in [0, 0.1) is 0 Å². The van der Waals surface area contributed by atoms with E-state index in [4.69, 9.17) is 0 Å². The molecule has 0 saturated carbocycles. The van der Waals surface area contributed by atoms with Crippen molar-refractivity contribution in [2.45, 2.75) is 38.5 Å². The molecule has 1 aromatic heterocycles. The van der Waals surface area contributed by atoms with Crippen molar-refractivity contribution in [3.63, 3.8) is 0 Å². The number of nitrogens with zero attached hydrogens (tertiary/aromatic N) is 2. The lowest BCUT2D eigenvalue weighted by Crippen LogP contribution is -2.17. The molecule has 0 spiro atoms. The minimum atomic E-state index is -0.128. The lowest BCUT2D eigenvalue weighted by molar-refractivity contribution is 0.660. The van der Waals surface area contributed by atoms with Crippen molar-refractivity contribution >= 4 is 49.6 Å². The average molecular weight is 769 g/mol. The zero-order valence-corrected chi connectivity index (χ0v) is 34.4. The summed E-state index contributed by atoms with van der Waals surface area (Å²) in [7, 11) is 0. The van der Waals surface area contributed by atoms with Crippen LogP contribution in [0.5, 0.6) is 0 Å². The molecule has 10 aromatic rings. The Morgan fingerprint density at radius 2 is 0.883 bits per heavy atom. The van der Waals surface area contributed by atoms with E-state index in [-0.39, 0.29) is 10.8 Å². The van der Waals surface area contributed by atoms with E-state index < -0.39 is 0 Å².